The second-order valence-corrected chi connectivity index (χ2v) is 3.22. The van der Waals surface area contributed by atoms with Crippen LogP contribution in [0.3, 0.4) is 0 Å². The summed E-state index contributed by atoms with van der Waals surface area (Å²) in [7, 11) is 0. The lowest BCUT2D eigenvalue weighted by Gasteiger charge is -2.06. The Morgan fingerprint density at radius 1 is 1.41 bits per heavy atom. The first-order valence-electron chi connectivity index (χ1n) is 5.18. The van der Waals surface area contributed by atoms with E-state index in [0.29, 0.717) is 11.3 Å². The number of carbonyl (C=O) groups is 2. The van der Waals surface area contributed by atoms with Crippen molar-refractivity contribution in [2.45, 2.75) is 13.3 Å². The molecule has 1 aromatic carbocycles. The number of anilines is 1. The van der Waals surface area contributed by atoms with E-state index in [0.717, 1.165) is 0 Å². The Balaban J connectivity index is 2.63. The number of esters is 1. The van der Waals surface area contributed by atoms with Crippen molar-refractivity contribution < 1.29 is 14.3 Å². The summed E-state index contributed by atoms with van der Waals surface area (Å²) in [4.78, 5) is 22.6. The summed E-state index contributed by atoms with van der Waals surface area (Å²) in [6.07, 6.45) is 4.97. The molecular formula is C13H13NO3. The van der Waals surface area contributed by atoms with Gasteiger partial charge in [0.2, 0.25) is 5.91 Å². The Kier molecular flexibility index (Phi) is 4.77. The fraction of sp³-hybridized carbons (Fsp3) is 0.231. The highest BCUT2D eigenvalue weighted by Crippen LogP contribution is 2.13. The molecule has 1 N–H and O–H groups in total. The van der Waals surface area contributed by atoms with Crippen LogP contribution in [0.5, 0.6) is 0 Å². The van der Waals surface area contributed by atoms with Crippen LogP contribution in [0.15, 0.2) is 24.3 Å². The predicted octanol–water partition coefficient (Wildman–Crippen LogP) is 1.56. The summed E-state index contributed by atoms with van der Waals surface area (Å²) in [5, 5.41) is 2.57. The number of rotatable bonds is 4. The number of terminal acetylenes is 1. The molecule has 0 saturated carbocycles. The number of benzene rings is 1. The number of amides is 1. The highest BCUT2D eigenvalue weighted by molar-refractivity contribution is 6.02. The van der Waals surface area contributed by atoms with Gasteiger partial charge in [0.25, 0.3) is 0 Å². The minimum atomic E-state index is -0.553. The van der Waals surface area contributed by atoms with Gasteiger partial charge in [-0.3, -0.25) is 9.59 Å². The normalized spacial score (nSPS) is 9.18. The molecule has 0 heterocycles. The van der Waals surface area contributed by atoms with Gasteiger partial charge in [-0.2, -0.15) is 0 Å². The maximum absolute atomic E-state index is 11.5. The van der Waals surface area contributed by atoms with Crippen LogP contribution in [0, 0.1) is 12.3 Å². The van der Waals surface area contributed by atoms with Gasteiger partial charge in [-0.25, -0.2) is 0 Å². The van der Waals surface area contributed by atoms with Gasteiger partial charge >= 0.3 is 5.97 Å². The standard InChI is InChI=1S/C13H13NO3/c1-3-10-7-5-6-8-11(10)14-12(15)9-13(16)17-4-2/h1,5-8H,4,9H2,2H3,(H,14,15). The molecule has 0 unspecified atom stereocenters. The third-order valence-corrected chi connectivity index (χ3v) is 1.97. The SMILES string of the molecule is C#Cc1ccccc1NC(=O)CC(=O)OCC. The van der Waals surface area contributed by atoms with Crippen molar-refractivity contribution in [1.82, 2.24) is 0 Å². The van der Waals surface area contributed by atoms with Crippen LogP contribution in [0.25, 0.3) is 0 Å². The van der Waals surface area contributed by atoms with Crippen LogP contribution in [-0.4, -0.2) is 18.5 Å². The summed E-state index contributed by atoms with van der Waals surface area (Å²) in [5.41, 5.74) is 1.09. The third kappa shape index (κ3) is 3.99. The van der Waals surface area contributed by atoms with Crippen molar-refractivity contribution in [3.8, 4) is 12.3 Å². The number of ether oxygens (including phenoxy) is 1. The van der Waals surface area contributed by atoms with Crippen LogP contribution in [0.4, 0.5) is 5.69 Å². The summed E-state index contributed by atoms with van der Waals surface area (Å²) in [6, 6.07) is 6.91. The van der Waals surface area contributed by atoms with E-state index in [1.54, 1.807) is 31.2 Å². The van der Waals surface area contributed by atoms with Crippen molar-refractivity contribution in [3.63, 3.8) is 0 Å². The molecule has 1 rings (SSSR count). The smallest absolute Gasteiger partial charge is 0.315 e. The summed E-state index contributed by atoms with van der Waals surface area (Å²) < 4.78 is 4.67. The van der Waals surface area contributed by atoms with E-state index < -0.39 is 11.9 Å². The van der Waals surface area contributed by atoms with Gasteiger partial charge in [0.1, 0.15) is 6.42 Å². The van der Waals surface area contributed by atoms with Crippen molar-refractivity contribution in [2.75, 3.05) is 11.9 Å². The van der Waals surface area contributed by atoms with Gasteiger partial charge in [0, 0.05) is 5.56 Å². The zero-order valence-corrected chi connectivity index (χ0v) is 9.53. The largest absolute Gasteiger partial charge is 0.466 e. The average molecular weight is 231 g/mol. The molecule has 4 heteroatoms. The fourth-order valence-electron chi connectivity index (χ4n) is 1.26. The van der Waals surface area contributed by atoms with Crippen LogP contribution in [-0.2, 0) is 14.3 Å². The maximum Gasteiger partial charge on any atom is 0.315 e. The van der Waals surface area contributed by atoms with Crippen molar-refractivity contribution >= 4 is 17.6 Å². The molecule has 0 spiro atoms. The highest BCUT2D eigenvalue weighted by atomic mass is 16.5. The Labute approximate surface area is 100.0 Å². The molecule has 1 aromatic rings. The second-order valence-electron chi connectivity index (χ2n) is 3.22. The van der Waals surface area contributed by atoms with Crippen LogP contribution >= 0.6 is 0 Å². The molecule has 0 aliphatic heterocycles. The fourth-order valence-corrected chi connectivity index (χ4v) is 1.26. The minimum absolute atomic E-state index is 0.257. The molecular weight excluding hydrogens is 218 g/mol. The van der Waals surface area contributed by atoms with Crippen LogP contribution in [0.2, 0.25) is 0 Å². The second kappa shape index (κ2) is 6.33. The lowest BCUT2D eigenvalue weighted by Crippen LogP contribution is -2.18. The summed E-state index contributed by atoms with van der Waals surface area (Å²) in [6.45, 7) is 1.94. The van der Waals surface area contributed by atoms with E-state index >= 15 is 0 Å². The molecule has 88 valence electrons. The topological polar surface area (TPSA) is 55.4 Å². The van der Waals surface area contributed by atoms with E-state index in [-0.39, 0.29) is 13.0 Å². The summed E-state index contributed by atoms with van der Waals surface area (Å²) >= 11 is 0. The van der Waals surface area contributed by atoms with Gasteiger partial charge < -0.3 is 10.1 Å². The highest BCUT2D eigenvalue weighted by Gasteiger charge is 2.11. The van der Waals surface area contributed by atoms with Gasteiger partial charge in [-0.15, -0.1) is 6.42 Å². The molecule has 0 bridgehead atoms. The van der Waals surface area contributed by atoms with Gasteiger partial charge in [0.15, 0.2) is 0 Å². The van der Waals surface area contributed by atoms with E-state index in [4.69, 9.17) is 6.42 Å². The van der Waals surface area contributed by atoms with Crippen molar-refractivity contribution in [3.05, 3.63) is 29.8 Å². The molecule has 0 saturated heterocycles. The Morgan fingerprint density at radius 3 is 2.76 bits per heavy atom. The van der Waals surface area contributed by atoms with E-state index in [2.05, 4.69) is 16.0 Å². The number of carbonyl (C=O) groups excluding carboxylic acids is 2. The van der Waals surface area contributed by atoms with Gasteiger partial charge in [0.05, 0.1) is 12.3 Å². The molecule has 0 atom stereocenters. The van der Waals surface area contributed by atoms with Crippen LogP contribution in [0.1, 0.15) is 18.9 Å². The number of nitrogens with one attached hydrogen (secondary N) is 1. The zero-order chi connectivity index (χ0) is 12.7. The predicted molar refractivity (Wildman–Crippen MR) is 64.3 cm³/mol. The molecule has 0 aliphatic rings. The lowest BCUT2D eigenvalue weighted by molar-refractivity contribution is -0.145. The number of hydrogen-bond donors (Lipinski definition) is 1. The quantitative estimate of drug-likeness (QED) is 0.486. The molecule has 0 aromatic heterocycles. The number of para-hydroxylation sites is 1. The summed E-state index contributed by atoms with van der Waals surface area (Å²) in [5.74, 6) is 1.46. The van der Waals surface area contributed by atoms with Gasteiger partial charge in [-0.05, 0) is 19.1 Å². The van der Waals surface area contributed by atoms with Crippen molar-refractivity contribution in [2.24, 2.45) is 0 Å². The molecule has 4 nitrogen and oxygen atoms in total. The molecule has 0 aliphatic carbocycles. The van der Waals surface area contributed by atoms with Crippen LogP contribution < -0.4 is 5.32 Å². The minimum Gasteiger partial charge on any atom is -0.466 e. The van der Waals surface area contributed by atoms with E-state index in [1.165, 1.54) is 0 Å². The monoisotopic (exact) mass is 231 g/mol. The Hall–Kier alpha value is -2.28. The lowest BCUT2D eigenvalue weighted by atomic mass is 10.2. The molecule has 0 radical (unpaired) electrons. The number of hydrogen-bond acceptors (Lipinski definition) is 3. The Morgan fingerprint density at radius 2 is 2.12 bits per heavy atom. The average Bonchev–Trinajstić information content (AvgIpc) is 2.29. The Bertz CT molecular complexity index is 460. The third-order valence-electron chi connectivity index (χ3n) is 1.97. The van der Waals surface area contributed by atoms with Crippen molar-refractivity contribution in [1.29, 1.82) is 0 Å². The zero-order valence-electron chi connectivity index (χ0n) is 9.53. The maximum atomic E-state index is 11.5. The van der Waals surface area contributed by atoms with E-state index in [1.807, 2.05) is 0 Å². The first-order chi connectivity index (χ1) is 8.17. The first-order valence-corrected chi connectivity index (χ1v) is 5.18. The van der Waals surface area contributed by atoms with E-state index in [9.17, 15) is 9.59 Å². The molecule has 1 amide bonds. The molecule has 17 heavy (non-hydrogen) atoms. The molecule has 0 fully saturated rings. The van der Waals surface area contributed by atoms with Gasteiger partial charge in [-0.1, -0.05) is 18.1 Å². The first kappa shape index (κ1) is 12.8.